The third kappa shape index (κ3) is 1.88. The summed E-state index contributed by atoms with van der Waals surface area (Å²) in [5, 5.41) is 0. The maximum Gasteiger partial charge on any atom is 0.142 e. The van der Waals surface area contributed by atoms with Crippen LogP contribution in [0.3, 0.4) is 0 Å². The van der Waals surface area contributed by atoms with Gasteiger partial charge in [-0.2, -0.15) is 13.1 Å². The van der Waals surface area contributed by atoms with Crippen molar-refractivity contribution in [2.75, 3.05) is 0 Å². The molecule has 0 fully saturated rings. The summed E-state index contributed by atoms with van der Waals surface area (Å²) in [5.41, 5.74) is 0. The Hall–Kier alpha value is -0.660. The van der Waals surface area contributed by atoms with Crippen LogP contribution >= 0.6 is 0 Å². The van der Waals surface area contributed by atoms with Gasteiger partial charge < -0.3 is 8.96 Å². The molecular formula is C7H14B2N2-. The van der Waals surface area contributed by atoms with Gasteiger partial charge in [-0.15, -0.1) is 0 Å². The van der Waals surface area contributed by atoms with Crippen LogP contribution < -0.4 is 4.48 Å². The predicted molar refractivity (Wildman–Crippen MR) is 49.1 cm³/mol. The molecule has 0 aliphatic rings. The molecule has 0 unspecified atom stereocenters. The number of imidazole rings is 1. The van der Waals surface area contributed by atoms with Crippen LogP contribution in [0.25, 0.3) is 0 Å². The van der Waals surface area contributed by atoms with E-state index in [1.54, 1.807) is 0 Å². The van der Waals surface area contributed by atoms with Crippen LogP contribution in [0.15, 0.2) is 18.7 Å². The fourth-order valence-corrected chi connectivity index (χ4v) is 1.01. The predicted octanol–water partition coefficient (Wildman–Crippen LogP) is 0.780. The van der Waals surface area contributed by atoms with Gasteiger partial charge in [0.1, 0.15) is 6.33 Å². The van der Waals surface area contributed by atoms with Crippen LogP contribution in [0.1, 0.15) is 6.92 Å². The third-order valence-corrected chi connectivity index (χ3v) is 2.08. The minimum Gasteiger partial charge on any atom is -0.500 e. The van der Waals surface area contributed by atoms with Crippen LogP contribution in [0, 0.1) is 0 Å². The summed E-state index contributed by atoms with van der Waals surface area (Å²) in [6.07, 6.45) is 7.45. The van der Waals surface area contributed by atoms with E-state index in [1.165, 1.54) is 6.32 Å². The largest absolute Gasteiger partial charge is 0.500 e. The van der Waals surface area contributed by atoms with Crippen molar-refractivity contribution in [2.24, 2.45) is 0 Å². The van der Waals surface area contributed by atoms with Gasteiger partial charge in [-0.25, -0.2) is 6.82 Å². The third-order valence-electron chi connectivity index (χ3n) is 2.08. The topological polar surface area (TPSA) is 8.81 Å². The fraction of sp³-hybridized carbons (Fsp3) is 0.571. The zero-order chi connectivity index (χ0) is 8.27. The Labute approximate surface area is 69.6 Å². The molecule has 1 heterocycles. The maximum absolute atomic E-state index is 2.22. The summed E-state index contributed by atoms with van der Waals surface area (Å²) in [5.74, 6) is 0. The van der Waals surface area contributed by atoms with Gasteiger partial charge in [0.25, 0.3) is 0 Å². The Balaban J connectivity index is 2.71. The number of hydrogen-bond acceptors (Lipinski definition) is 0. The highest BCUT2D eigenvalue weighted by atomic mass is 15.0. The molecule has 4 heteroatoms. The Morgan fingerprint density at radius 1 is 1.64 bits per heavy atom. The van der Waals surface area contributed by atoms with Gasteiger partial charge >= 0.3 is 0 Å². The molecule has 0 aliphatic heterocycles. The van der Waals surface area contributed by atoms with E-state index in [-0.39, 0.29) is 0 Å². The highest BCUT2D eigenvalue weighted by molar-refractivity contribution is 6.55. The van der Waals surface area contributed by atoms with Gasteiger partial charge in [0.2, 0.25) is 0 Å². The molecule has 0 amide bonds. The van der Waals surface area contributed by atoms with E-state index in [4.69, 9.17) is 0 Å². The van der Waals surface area contributed by atoms with Crippen molar-refractivity contribution in [1.82, 2.24) is 4.48 Å². The molecule has 59 valence electrons. The molecule has 0 aromatic carbocycles. The lowest BCUT2D eigenvalue weighted by Gasteiger charge is -2.14. The van der Waals surface area contributed by atoms with Gasteiger partial charge in [-0.3, -0.25) is 0 Å². The molecule has 0 N–H and O–H groups in total. The van der Waals surface area contributed by atoms with Crippen molar-refractivity contribution in [1.29, 1.82) is 0 Å². The fourth-order valence-electron chi connectivity index (χ4n) is 1.01. The van der Waals surface area contributed by atoms with E-state index in [2.05, 4.69) is 41.4 Å². The van der Waals surface area contributed by atoms with Crippen molar-refractivity contribution >= 4 is 14.3 Å². The molecule has 1 aromatic heterocycles. The van der Waals surface area contributed by atoms with E-state index in [1.807, 2.05) is 14.2 Å². The lowest BCUT2D eigenvalue weighted by atomic mass is 9.62. The summed E-state index contributed by atoms with van der Waals surface area (Å²) in [7, 11) is 2.04. The zero-order valence-electron chi connectivity index (χ0n) is 7.49. The zero-order valence-corrected chi connectivity index (χ0v) is 7.49. The first-order valence-electron chi connectivity index (χ1n) is 4.15. The highest BCUT2D eigenvalue weighted by Gasteiger charge is 1.96. The second-order valence-electron chi connectivity index (χ2n) is 2.82. The summed E-state index contributed by atoms with van der Waals surface area (Å²) in [6, 6.07) is 0. The van der Waals surface area contributed by atoms with Gasteiger partial charge in [-0.1, -0.05) is 14.3 Å². The van der Waals surface area contributed by atoms with Crippen molar-refractivity contribution in [3.05, 3.63) is 18.7 Å². The Morgan fingerprint density at radius 2 is 2.36 bits per heavy atom. The Kier molecular flexibility index (Phi) is 2.80. The molecule has 11 heavy (non-hydrogen) atoms. The molecule has 1 rings (SSSR count). The van der Waals surface area contributed by atoms with Crippen LogP contribution in [0.5, 0.6) is 0 Å². The SMILES string of the molecule is C[B-][n+]1ccn([B-](C)CC)c1. The standard InChI is InChI=1S/C7H14B2N2/c1-4-9(3)11-6-5-10(7-11)8-2/h5-7H,4H2,1-3H3/q-1. The summed E-state index contributed by atoms with van der Waals surface area (Å²) >= 11 is 0. The number of rotatable bonds is 3. The minimum absolute atomic E-state index is 0.608. The van der Waals surface area contributed by atoms with Crippen LogP contribution in [0.2, 0.25) is 20.0 Å². The molecule has 1 aromatic rings. The van der Waals surface area contributed by atoms with Crippen molar-refractivity contribution in [3.63, 3.8) is 0 Å². The second kappa shape index (κ2) is 3.65. The first-order valence-corrected chi connectivity index (χ1v) is 4.15. The normalized spacial score (nSPS) is 10.9. The minimum atomic E-state index is 0.608. The first kappa shape index (κ1) is 8.44. The quantitative estimate of drug-likeness (QED) is 0.560. The van der Waals surface area contributed by atoms with Crippen molar-refractivity contribution in [3.8, 4) is 0 Å². The highest BCUT2D eigenvalue weighted by Crippen LogP contribution is 1.93. The number of aromatic nitrogens is 2. The van der Waals surface area contributed by atoms with Gasteiger partial charge in [0, 0.05) is 0 Å². The number of nitrogens with zero attached hydrogens (tertiary/aromatic N) is 2. The molecule has 2 nitrogen and oxygen atoms in total. The molecule has 0 spiro atoms. The van der Waals surface area contributed by atoms with Crippen LogP contribution in [-0.4, -0.2) is 18.7 Å². The average Bonchev–Trinajstić information content (AvgIpc) is 2.50. The van der Waals surface area contributed by atoms with Gasteiger partial charge in [0.05, 0.1) is 19.2 Å². The molecule has 0 bridgehead atoms. The molecule has 0 aliphatic carbocycles. The average molecular weight is 148 g/mol. The van der Waals surface area contributed by atoms with Gasteiger partial charge in [0.15, 0.2) is 0 Å². The van der Waals surface area contributed by atoms with E-state index in [0.717, 1.165) is 0 Å². The number of hydrogen-bond donors (Lipinski definition) is 0. The lowest BCUT2D eigenvalue weighted by Crippen LogP contribution is -2.36. The molecule has 0 atom stereocenters. The molecular weight excluding hydrogens is 134 g/mol. The first-order chi connectivity index (χ1) is 5.27. The monoisotopic (exact) mass is 148 g/mol. The van der Waals surface area contributed by atoms with Gasteiger partial charge in [-0.05, 0) is 0 Å². The van der Waals surface area contributed by atoms with Crippen LogP contribution in [-0.2, 0) is 0 Å². The lowest BCUT2D eigenvalue weighted by molar-refractivity contribution is -0.527. The summed E-state index contributed by atoms with van der Waals surface area (Å²) in [4.78, 5) is 0. The molecule has 3 radical (unpaired) electrons. The Morgan fingerprint density at radius 3 is 2.82 bits per heavy atom. The summed E-state index contributed by atoms with van der Waals surface area (Å²) < 4.78 is 4.28. The molecule has 0 saturated heterocycles. The van der Waals surface area contributed by atoms with Crippen LogP contribution in [0.4, 0.5) is 0 Å². The van der Waals surface area contributed by atoms with E-state index in [9.17, 15) is 0 Å². The molecule has 0 saturated carbocycles. The van der Waals surface area contributed by atoms with Crippen molar-refractivity contribution in [2.45, 2.75) is 26.9 Å². The summed E-state index contributed by atoms with van der Waals surface area (Å²) in [6.45, 7) is 7.06. The van der Waals surface area contributed by atoms with E-state index < -0.39 is 0 Å². The van der Waals surface area contributed by atoms with Crippen molar-refractivity contribution < 1.29 is 4.48 Å². The maximum atomic E-state index is 2.22. The van der Waals surface area contributed by atoms with E-state index >= 15 is 0 Å². The Bertz CT molecular complexity index is 222. The second-order valence-corrected chi connectivity index (χ2v) is 2.82. The van der Waals surface area contributed by atoms with E-state index in [0.29, 0.717) is 6.85 Å². The smallest absolute Gasteiger partial charge is 0.142 e.